The largest absolute Gasteiger partial charge is 0.480 e. The monoisotopic (exact) mass is 469 g/mol. The molecule has 170 valence electrons. The van der Waals surface area contributed by atoms with E-state index in [1.54, 1.807) is 13.3 Å². The Kier molecular flexibility index (Phi) is 5.90. The zero-order valence-electron chi connectivity index (χ0n) is 19.2. The van der Waals surface area contributed by atoms with Gasteiger partial charge in [0.15, 0.2) is 0 Å². The Morgan fingerprint density at radius 2 is 1.76 bits per heavy atom. The predicted molar refractivity (Wildman–Crippen MR) is 137 cm³/mol. The fraction of sp³-hybridized carbons (Fsp3) is 0.148. The van der Waals surface area contributed by atoms with Crippen molar-refractivity contribution >= 4 is 34.0 Å². The van der Waals surface area contributed by atoms with Crippen molar-refractivity contribution < 1.29 is 4.74 Å². The highest BCUT2D eigenvalue weighted by Crippen LogP contribution is 2.31. The van der Waals surface area contributed by atoms with E-state index in [1.165, 1.54) is 0 Å². The van der Waals surface area contributed by atoms with E-state index in [4.69, 9.17) is 26.3 Å². The number of ether oxygens (including phenoxy) is 1. The summed E-state index contributed by atoms with van der Waals surface area (Å²) in [5, 5.41) is 4.98. The van der Waals surface area contributed by atoms with Crippen LogP contribution in [0.3, 0.4) is 0 Å². The summed E-state index contributed by atoms with van der Waals surface area (Å²) in [5.74, 6) is 0.515. The van der Waals surface area contributed by atoms with Crippen LogP contribution >= 0.6 is 11.6 Å². The molecule has 0 amide bonds. The number of pyridine rings is 1. The molecule has 1 aliphatic carbocycles. The van der Waals surface area contributed by atoms with Gasteiger partial charge in [-0.1, -0.05) is 23.7 Å². The fourth-order valence-electron chi connectivity index (χ4n) is 3.99. The standard InChI is InChI=1S/C27H24ClN5O/c1-17(2)30-23-16-26-24(15-22(23)32-21-8-6-14-29-27(21)34-3)31-20-7-4-5-9-25(20)33(26)19-12-10-18(28)11-13-19/h4-17,32H,1-3H3/b30-23+. The maximum absolute atomic E-state index is 6.18. The van der Waals surface area contributed by atoms with Crippen molar-refractivity contribution in [2.45, 2.75) is 19.9 Å². The molecule has 2 aromatic carbocycles. The van der Waals surface area contributed by atoms with Gasteiger partial charge in [0.2, 0.25) is 5.88 Å². The summed E-state index contributed by atoms with van der Waals surface area (Å²) in [6.07, 6.45) is 1.70. The number of halogens is 1. The lowest BCUT2D eigenvalue weighted by molar-refractivity contribution is 0.400. The minimum Gasteiger partial charge on any atom is -0.480 e. The van der Waals surface area contributed by atoms with Gasteiger partial charge in [-0.25, -0.2) is 9.97 Å². The molecule has 0 spiro atoms. The summed E-state index contributed by atoms with van der Waals surface area (Å²) in [6, 6.07) is 23.9. The highest BCUT2D eigenvalue weighted by atomic mass is 35.5. The quantitative estimate of drug-likeness (QED) is 0.309. The molecule has 6 nitrogen and oxygen atoms in total. The van der Waals surface area contributed by atoms with Gasteiger partial charge in [0.1, 0.15) is 5.69 Å². The average Bonchev–Trinajstić information content (AvgIpc) is 2.84. The molecule has 0 fully saturated rings. The number of anilines is 2. The number of nitrogens with zero attached hydrogens (tertiary/aromatic N) is 4. The van der Waals surface area contributed by atoms with Crippen LogP contribution in [0.15, 0.2) is 84.0 Å². The fourth-order valence-corrected chi connectivity index (χ4v) is 4.11. The Bertz CT molecular complexity index is 1510. The lowest BCUT2D eigenvalue weighted by Gasteiger charge is -2.20. The second kappa shape index (κ2) is 9.15. The zero-order chi connectivity index (χ0) is 23.7. The number of hydrogen-bond acceptors (Lipinski definition) is 5. The third kappa shape index (κ3) is 4.20. The summed E-state index contributed by atoms with van der Waals surface area (Å²) < 4.78 is 7.63. The van der Waals surface area contributed by atoms with E-state index in [-0.39, 0.29) is 6.04 Å². The second-order valence-electron chi connectivity index (χ2n) is 8.18. The van der Waals surface area contributed by atoms with Crippen molar-refractivity contribution in [3.8, 4) is 23.0 Å². The SMILES string of the molecule is COc1ncccc1Nc1cc2nc3ccccc3n(-c3ccc(Cl)cc3)c-2c/c1=N\C(C)C. The molecule has 0 unspecified atom stereocenters. The van der Waals surface area contributed by atoms with Crippen LogP contribution in [0.5, 0.6) is 5.88 Å². The van der Waals surface area contributed by atoms with Crippen molar-refractivity contribution in [1.82, 2.24) is 14.5 Å². The van der Waals surface area contributed by atoms with E-state index < -0.39 is 0 Å². The predicted octanol–water partition coefficient (Wildman–Crippen LogP) is 6.24. The first-order valence-electron chi connectivity index (χ1n) is 11.0. The minimum atomic E-state index is 0.103. The molecular formula is C27H24ClN5O. The molecule has 0 bridgehead atoms. The van der Waals surface area contributed by atoms with E-state index in [1.807, 2.05) is 60.7 Å². The molecule has 0 saturated carbocycles. The molecule has 0 saturated heterocycles. The van der Waals surface area contributed by atoms with Crippen LogP contribution in [0.1, 0.15) is 13.8 Å². The molecule has 2 heterocycles. The van der Waals surface area contributed by atoms with Crippen LogP contribution in [0.25, 0.3) is 28.1 Å². The normalized spacial score (nSPS) is 12.0. The number of aromatic nitrogens is 3. The summed E-state index contributed by atoms with van der Waals surface area (Å²) >= 11 is 6.18. The van der Waals surface area contributed by atoms with Crippen molar-refractivity contribution in [3.05, 3.63) is 89.4 Å². The smallest absolute Gasteiger partial charge is 0.237 e. The van der Waals surface area contributed by atoms with Crippen LogP contribution < -0.4 is 15.4 Å². The van der Waals surface area contributed by atoms with Gasteiger partial charge < -0.3 is 14.6 Å². The first-order chi connectivity index (χ1) is 16.5. The highest BCUT2D eigenvalue weighted by Gasteiger charge is 2.17. The summed E-state index contributed by atoms with van der Waals surface area (Å²) in [4.78, 5) is 14.2. The maximum Gasteiger partial charge on any atom is 0.237 e. The Hall–Kier alpha value is -3.90. The molecule has 5 rings (SSSR count). The van der Waals surface area contributed by atoms with E-state index in [2.05, 4.69) is 40.8 Å². The molecule has 1 aliphatic heterocycles. The number of hydrogen-bond donors (Lipinski definition) is 1. The highest BCUT2D eigenvalue weighted by molar-refractivity contribution is 6.30. The Morgan fingerprint density at radius 1 is 0.971 bits per heavy atom. The number of benzene rings is 3. The van der Waals surface area contributed by atoms with Gasteiger partial charge >= 0.3 is 0 Å². The summed E-state index contributed by atoms with van der Waals surface area (Å²) in [5.41, 5.74) is 6.27. The first kappa shape index (κ1) is 21.9. The Morgan fingerprint density at radius 3 is 2.53 bits per heavy atom. The molecule has 34 heavy (non-hydrogen) atoms. The van der Waals surface area contributed by atoms with Crippen LogP contribution in [0, 0.1) is 0 Å². The van der Waals surface area contributed by atoms with Crippen molar-refractivity contribution in [3.63, 3.8) is 0 Å². The molecule has 0 radical (unpaired) electrons. The van der Waals surface area contributed by atoms with E-state index in [0.717, 1.165) is 44.8 Å². The first-order valence-corrected chi connectivity index (χ1v) is 11.4. The number of rotatable bonds is 5. The van der Waals surface area contributed by atoms with Crippen LogP contribution in [0.4, 0.5) is 11.4 Å². The molecular weight excluding hydrogens is 446 g/mol. The van der Waals surface area contributed by atoms with E-state index in [9.17, 15) is 0 Å². The number of methoxy groups -OCH3 is 1. The zero-order valence-corrected chi connectivity index (χ0v) is 19.9. The van der Waals surface area contributed by atoms with Gasteiger partial charge in [-0.3, -0.25) is 4.99 Å². The van der Waals surface area contributed by atoms with Gasteiger partial charge in [0.25, 0.3) is 0 Å². The lowest BCUT2D eigenvalue weighted by Crippen LogP contribution is -2.16. The van der Waals surface area contributed by atoms with Gasteiger partial charge in [-0.05, 0) is 74.5 Å². The maximum atomic E-state index is 6.18. The lowest BCUT2D eigenvalue weighted by atomic mass is 10.1. The average molecular weight is 470 g/mol. The molecule has 0 atom stereocenters. The minimum absolute atomic E-state index is 0.103. The van der Waals surface area contributed by atoms with Gasteiger partial charge in [0, 0.05) is 22.9 Å². The Balaban J connectivity index is 1.81. The molecule has 7 heteroatoms. The number of fused-ring (bicyclic) bond motifs is 2. The van der Waals surface area contributed by atoms with Crippen LogP contribution in [-0.4, -0.2) is 27.7 Å². The van der Waals surface area contributed by atoms with Crippen LogP contribution in [-0.2, 0) is 0 Å². The van der Waals surface area contributed by atoms with Crippen molar-refractivity contribution in [2.24, 2.45) is 4.99 Å². The van der Waals surface area contributed by atoms with Crippen molar-refractivity contribution in [1.29, 1.82) is 0 Å². The molecule has 2 aliphatic rings. The topological polar surface area (TPSA) is 64.3 Å². The molecule has 1 N–H and O–H groups in total. The van der Waals surface area contributed by atoms with E-state index >= 15 is 0 Å². The van der Waals surface area contributed by atoms with Gasteiger partial charge in [-0.2, -0.15) is 0 Å². The number of nitrogens with one attached hydrogen (secondary N) is 1. The van der Waals surface area contributed by atoms with Gasteiger partial charge in [0.05, 0.1) is 40.6 Å². The Labute approximate surface area is 202 Å². The van der Waals surface area contributed by atoms with E-state index in [0.29, 0.717) is 10.9 Å². The second-order valence-corrected chi connectivity index (χ2v) is 8.61. The van der Waals surface area contributed by atoms with Gasteiger partial charge in [-0.15, -0.1) is 0 Å². The third-order valence-electron chi connectivity index (χ3n) is 5.41. The third-order valence-corrected chi connectivity index (χ3v) is 5.67. The number of para-hydroxylation sites is 2. The van der Waals surface area contributed by atoms with Crippen molar-refractivity contribution in [2.75, 3.05) is 12.4 Å². The summed E-state index contributed by atoms with van der Waals surface area (Å²) in [7, 11) is 1.61. The summed E-state index contributed by atoms with van der Waals surface area (Å²) in [6.45, 7) is 4.12. The molecule has 3 aromatic rings. The molecule has 1 aromatic heterocycles. The van der Waals surface area contributed by atoms with Crippen LogP contribution in [0.2, 0.25) is 5.02 Å².